The summed E-state index contributed by atoms with van der Waals surface area (Å²) in [7, 11) is 1.34. The van der Waals surface area contributed by atoms with Crippen LogP contribution in [-0.4, -0.2) is 18.1 Å². The van der Waals surface area contributed by atoms with Crippen molar-refractivity contribution in [2.45, 2.75) is 16.8 Å². The SMILES string of the molecule is COC(=O)c1ccccc1Sc1ncc(F)cc1C. The number of carbonyl (C=O) groups is 1. The molecule has 0 aliphatic carbocycles. The topological polar surface area (TPSA) is 39.2 Å². The summed E-state index contributed by atoms with van der Waals surface area (Å²) < 4.78 is 17.7. The number of aromatic nitrogens is 1. The molecule has 0 amide bonds. The smallest absolute Gasteiger partial charge is 0.339 e. The van der Waals surface area contributed by atoms with Gasteiger partial charge in [-0.1, -0.05) is 23.9 Å². The van der Waals surface area contributed by atoms with E-state index in [2.05, 4.69) is 4.98 Å². The van der Waals surface area contributed by atoms with Crippen LogP contribution in [0.1, 0.15) is 15.9 Å². The lowest BCUT2D eigenvalue weighted by molar-refractivity contribution is 0.0597. The number of hydrogen-bond donors (Lipinski definition) is 0. The molecule has 3 nitrogen and oxygen atoms in total. The van der Waals surface area contributed by atoms with Gasteiger partial charge < -0.3 is 4.74 Å². The van der Waals surface area contributed by atoms with Crippen molar-refractivity contribution in [3.05, 3.63) is 53.5 Å². The van der Waals surface area contributed by atoms with Crippen LogP contribution in [0.15, 0.2) is 46.5 Å². The van der Waals surface area contributed by atoms with Crippen LogP contribution in [0, 0.1) is 12.7 Å². The van der Waals surface area contributed by atoms with Gasteiger partial charge in [-0.15, -0.1) is 0 Å². The molecule has 2 rings (SSSR count). The number of rotatable bonds is 3. The number of nitrogens with zero attached hydrogens (tertiary/aromatic N) is 1. The normalized spacial score (nSPS) is 10.3. The summed E-state index contributed by atoms with van der Waals surface area (Å²) in [6.45, 7) is 1.78. The summed E-state index contributed by atoms with van der Waals surface area (Å²) >= 11 is 1.31. The van der Waals surface area contributed by atoms with Crippen molar-refractivity contribution in [1.82, 2.24) is 4.98 Å². The molecule has 1 aromatic carbocycles. The van der Waals surface area contributed by atoms with Gasteiger partial charge in [0.1, 0.15) is 10.8 Å². The van der Waals surface area contributed by atoms with E-state index >= 15 is 0 Å². The third-order valence-electron chi connectivity index (χ3n) is 2.50. The molecule has 98 valence electrons. The zero-order chi connectivity index (χ0) is 13.8. The van der Waals surface area contributed by atoms with E-state index in [0.717, 1.165) is 16.7 Å². The van der Waals surface area contributed by atoms with Gasteiger partial charge in [-0.2, -0.15) is 0 Å². The molecule has 0 radical (unpaired) electrons. The molecule has 19 heavy (non-hydrogen) atoms. The Kier molecular flexibility index (Phi) is 4.16. The number of aryl methyl sites for hydroxylation is 1. The number of hydrogen-bond acceptors (Lipinski definition) is 4. The largest absolute Gasteiger partial charge is 0.465 e. The molecular formula is C14H12FNO2S. The third kappa shape index (κ3) is 3.12. The Hall–Kier alpha value is -1.88. The Morgan fingerprint density at radius 3 is 2.79 bits per heavy atom. The first-order valence-electron chi connectivity index (χ1n) is 5.59. The fourth-order valence-electron chi connectivity index (χ4n) is 1.57. The lowest BCUT2D eigenvalue weighted by atomic mass is 10.2. The number of esters is 1. The van der Waals surface area contributed by atoms with Gasteiger partial charge in [-0.3, -0.25) is 0 Å². The van der Waals surface area contributed by atoms with Crippen LogP contribution in [0.25, 0.3) is 0 Å². The minimum Gasteiger partial charge on any atom is -0.465 e. The number of ether oxygens (including phenoxy) is 1. The molecule has 0 bridgehead atoms. The molecule has 2 aromatic rings. The average molecular weight is 277 g/mol. The van der Waals surface area contributed by atoms with Crippen molar-refractivity contribution in [3.8, 4) is 0 Å². The quantitative estimate of drug-likeness (QED) is 0.805. The van der Waals surface area contributed by atoms with Gasteiger partial charge in [0.2, 0.25) is 0 Å². The highest BCUT2D eigenvalue weighted by molar-refractivity contribution is 7.99. The van der Waals surface area contributed by atoms with Crippen LogP contribution in [-0.2, 0) is 4.74 Å². The Labute approximate surface area is 114 Å². The molecular weight excluding hydrogens is 265 g/mol. The lowest BCUT2D eigenvalue weighted by Crippen LogP contribution is -2.03. The predicted molar refractivity (Wildman–Crippen MR) is 70.8 cm³/mol. The van der Waals surface area contributed by atoms with Crippen molar-refractivity contribution in [1.29, 1.82) is 0 Å². The van der Waals surface area contributed by atoms with E-state index in [1.165, 1.54) is 24.9 Å². The number of benzene rings is 1. The molecule has 0 N–H and O–H groups in total. The summed E-state index contributed by atoms with van der Waals surface area (Å²) in [6, 6.07) is 8.50. The van der Waals surface area contributed by atoms with E-state index in [1.54, 1.807) is 25.1 Å². The van der Waals surface area contributed by atoms with E-state index in [-0.39, 0.29) is 5.82 Å². The minimum absolute atomic E-state index is 0.372. The summed E-state index contributed by atoms with van der Waals surface area (Å²) in [5, 5.41) is 0.665. The van der Waals surface area contributed by atoms with E-state index in [4.69, 9.17) is 4.74 Å². The highest BCUT2D eigenvalue weighted by Gasteiger charge is 2.13. The van der Waals surface area contributed by atoms with Gasteiger partial charge in [-0.25, -0.2) is 14.2 Å². The second-order valence-electron chi connectivity index (χ2n) is 3.87. The summed E-state index contributed by atoms with van der Waals surface area (Å²) in [5.41, 5.74) is 1.20. The summed E-state index contributed by atoms with van der Waals surface area (Å²) in [6.07, 6.45) is 1.16. The highest BCUT2D eigenvalue weighted by Crippen LogP contribution is 2.31. The molecule has 1 aromatic heterocycles. The molecule has 0 saturated carbocycles. The molecule has 0 aliphatic rings. The molecule has 0 spiro atoms. The van der Waals surface area contributed by atoms with Gasteiger partial charge in [-0.05, 0) is 30.7 Å². The Morgan fingerprint density at radius 1 is 1.37 bits per heavy atom. The fourth-order valence-corrected chi connectivity index (χ4v) is 2.51. The molecule has 0 fully saturated rings. The summed E-state index contributed by atoms with van der Waals surface area (Å²) in [4.78, 5) is 16.4. The predicted octanol–water partition coefficient (Wildman–Crippen LogP) is 3.47. The highest BCUT2D eigenvalue weighted by atomic mass is 32.2. The zero-order valence-electron chi connectivity index (χ0n) is 10.5. The third-order valence-corrected chi connectivity index (χ3v) is 3.69. The maximum Gasteiger partial charge on any atom is 0.339 e. The summed E-state index contributed by atoms with van der Waals surface area (Å²) in [5.74, 6) is -0.772. The molecule has 0 aliphatic heterocycles. The number of halogens is 1. The number of methoxy groups -OCH3 is 1. The second kappa shape index (κ2) is 5.84. The Morgan fingerprint density at radius 2 is 2.11 bits per heavy atom. The van der Waals surface area contributed by atoms with Gasteiger partial charge in [0.05, 0.1) is 18.9 Å². The zero-order valence-corrected chi connectivity index (χ0v) is 11.3. The van der Waals surface area contributed by atoms with Crippen LogP contribution in [0.2, 0.25) is 0 Å². The molecule has 1 heterocycles. The molecule has 5 heteroatoms. The van der Waals surface area contributed by atoms with Gasteiger partial charge >= 0.3 is 5.97 Å². The maximum atomic E-state index is 13.0. The molecule has 0 unspecified atom stereocenters. The van der Waals surface area contributed by atoms with Crippen molar-refractivity contribution in [3.63, 3.8) is 0 Å². The van der Waals surface area contributed by atoms with E-state index in [1.807, 2.05) is 6.07 Å². The average Bonchev–Trinajstić information content (AvgIpc) is 2.41. The van der Waals surface area contributed by atoms with Crippen molar-refractivity contribution in [2.75, 3.05) is 7.11 Å². The van der Waals surface area contributed by atoms with E-state index in [0.29, 0.717) is 10.6 Å². The van der Waals surface area contributed by atoms with Crippen LogP contribution in [0.5, 0.6) is 0 Å². The van der Waals surface area contributed by atoms with E-state index < -0.39 is 5.97 Å². The van der Waals surface area contributed by atoms with Crippen molar-refractivity contribution >= 4 is 17.7 Å². The second-order valence-corrected chi connectivity index (χ2v) is 4.90. The van der Waals surface area contributed by atoms with Crippen LogP contribution in [0.4, 0.5) is 4.39 Å². The molecule has 0 atom stereocenters. The standard InChI is InChI=1S/C14H12FNO2S/c1-9-7-10(15)8-16-13(9)19-12-6-4-3-5-11(12)14(17)18-2/h3-8H,1-2H3. The first-order chi connectivity index (χ1) is 9.11. The molecule has 0 saturated heterocycles. The van der Waals surface area contributed by atoms with Crippen LogP contribution < -0.4 is 0 Å². The number of pyridine rings is 1. The van der Waals surface area contributed by atoms with Crippen LogP contribution >= 0.6 is 11.8 Å². The van der Waals surface area contributed by atoms with Crippen molar-refractivity contribution in [2.24, 2.45) is 0 Å². The van der Waals surface area contributed by atoms with Gasteiger partial charge in [0.15, 0.2) is 0 Å². The van der Waals surface area contributed by atoms with Crippen molar-refractivity contribution < 1.29 is 13.9 Å². The lowest BCUT2D eigenvalue weighted by Gasteiger charge is -2.08. The number of carbonyl (C=O) groups excluding carboxylic acids is 1. The van der Waals surface area contributed by atoms with Gasteiger partial charge in [0, 0.05) is 4.90 Å². The first-order valence-corrected chi connectivity index (χ1v) is 6.41. The Balaban J connectivity index is 2.35. The monoisotopic (exact) mass is 277 g/mol. The maximum absolute atomic E-state index is 13.0. The minimum atomic E-state index is -0.400. The Bertz CT molecular complexity index is 616. The van der Waals surface area contributed by atoms with E-state index in [9.17, 15) is 9.18 Å². The fraction of sp³-hybridized carbons (Fsp3) is 0.143. The van der Waals surface area contributed by atoms with Gasteiger partial charge in [0.25, 0.3) is 0 Å². The van der Waals surface area contributed by atoms with Crippen LogP contribution in [0.3, 0.4) is 0 Å². The first kappa shape index (κ1) is 13.5.